The van der Waals surface area contributed by atoms with Crippen LogP contribution in [-0.2, 0) is 0 Å². The second-order valence-corrected chi connectivity index (χ2v) is 7.49. The number of amides is 1. The van der Waals surface area contributed by atoms with E-state index < -0.39 is 0 Å². The standard InChI is InChI=1S/C20H23ClN4O2/c21-16-6-4-15(5-7-16)20(26)25-11-8-17(13-25)27-19-12-18(22-14-23-19)24-9-2-1-3-10-24/h4-7,12,14,17H,1-3,8-11,13H2. The molecule has 2 aromatic rings. The Labute approximate surface area is 164 Å². The van der Waals surface area contributed by atoms with E-state index in [1.54, 1.807) is 30.6 Å². The van der Waals surface area contributed by atoms with E-state index in [0.29, 0.717) is 29.6 Å². The highest BCUT2D eigenvalue weighted by atomic mass is 35.5. The summed E-state index contributed by atoms with van der Waals surface area (Å²) >= 11 is 5.90. The molecule has 2 fully saturated rings. The van der Waals surface area contributed by atoms with Gasteiger partial charge in [-0.2, -0.15) is 0 Å². The molecular formula is C20H23ClN4O2. The van der Waals surface area contributed by atoms with Crippen molar-refractivity contribution in [1.29, 1.82) is 0 Å². The number of piperidine rings is 1. The lowest BCUT2D eigenvalue weighted by Gasteiger charge is -2.27. The van der Waals surface area contributed by atoms with Gasteiger partial charge in [-0.25, -0.2) is 9.97 Å². The topological polar surface area (TPSA) is 58.6 Å². The molecule has 0 radical (unpaired) electrons. The van der Waals surface area contributed by atoms with Crippen molar-refractivity contribution in [3.63, 3.8) is 0 Å². The smallest absolute Gasteiger partial charge is 0.253 e. The number of ether oxygens (including phenoxy) is 1. The summed E-state index contributed by atoms with van der Waals surface area (Å²) in [6.07, 6.45) is 5.98. The second kappa shape index (κ2) is 8.13. The molecule has 27 heavy (non-hydrogen) atoms. The third-order valence-corrected chi connectivity index (χ3v) is 5.37. The molecule has 0 bridgehead atoms. The number of nitrogens with zero attached hydrogens (tertiary/aromatic N) is 4. The molecule has 0 saturated carbocycles. The molecule has 0 aliphatic carbocycles. The first-order chi connectivity index (χ1) is 13.2. The Morgan fingerprint density at radius 1 is 1.07 bits per heavy atom. The summed E-state index contributed by atoms with van der Waals surface area (Å²) in [4.78, 5) is 25.4. The zero-order chi connectivity index (χ0) is 18.6. The highest BCUT2D eigenvalue weighted by Crippen LogP contribution is 2.23. The first-order valence-electron chi connectivity index (χ1n) is 9.47. The molecule has 1 amide bonds. The van der Waals surface area contributed by atoms with Crippen molar-refractivity contribution in [2.24, 2.45) is 0 Å². The third-order valence-electron chi connectivity index (χ3n) is 5.12. The summed E-state index contributed by atoms with van der Waals surface area (Å²) in [7, 11) is 0. The molecule has 0 spiro atoms. The zero-order valence-corrected chi connectivity index (χ0v) is 15.9. The maximum atomic E-state index is 12.6. The third kappa shape index (κ3) is 4.33. The number of carbonyl (C=O) groups excluding carboxylic acids is 1. The zero-order valence-electron chi connectivity index (χ0n) is 15.2. The van der Waals surface area contributed by atoms with Gasteiger partial charge in [-0.1, -0.05) is 11.6 Å². The number of carbonyl (C=O) groups is 1. The number of rotatable bonds is 4. The maximum absolute atomic E-state index is 12.6. The van der Waals surface area contributed by atoms with Crippen LogP contribution in [0.15, 0.2) is 36.7 Å². The molecule has 2 saturated heterocycles. The molecule has 3 heterocycles. The minimum atomic E-state index is -0.0506. The summed E-state index contributed by atoms with van der Waals surface area (Å²) in [5.41, 5.74) is 0.648. The number of benzene rings is 1. The lowest BCUT2D eigenvalue weighted by molar-refractivity contribution is 0.0771. The summed E-state index contributed by atoms with van der Waals surface area (Å²) in [5.74, 6) is 1.51. The average molecular weight is 387 g/mol. The van der Waals surface area contributed by atoms with Crippen molar-refractivity contribution in [2.45, 2.75) is 31.8 Å². The fourth-order valence-electron chi connectivity index (χ4n) is 3.64. The number of aromatic nitrogens is 2. The van der Waals surface area contributed by atoms with Crippen LogP contribution in [0.25, 0.3) is 0 Å². The van der Waals surface area contributed by atoms with Gasteiger partial charge in [0.2, 0.25) is 5.88 Å². The predicted molar refractivity (Wildman–Crippen MR) is 104 cm³/mol. The van der Waals surface area contributed by atoms with Gasteiger partial charge >= 0.3 is 0 Å². The van der Waals surface area contributed by atoms with E-state index in [1.807, 2.05) is 11.0 Å². The molecule has 1 aromatic heterocycles. The molecular weight excluding hydrogens is 364 g/mol. The van der Waals surface area contributed by atoms with Gasteiger partial charge in [-0.05, 0) is 43.5 Å². The van der Waals surface area contributed by atoms with Gasteiger partial charge in [-0.3, -0.25) is 4.79 Å². The van der Waals surface area contributed by atoms with Crippen molar-refractivity contribution in [3.05, 3.63) is 47.2 Å². The lowest BCUT2D eigenvalue weighted by Crippen LogP contribution is -2.31. The molecule has 6 nitrogen and oxygen atoms in total. The van der Waals surface area contributed by atoms with Crippen LogP contribution in [0.4, 0.5) is 5.82 Å². The number of hydrogen-bond acceptors (Lipinski definition) is 5. The van der Waals surface area contributed by atoms with Gasteiger partial charge in [-0.15, -0.1) is 0 Å². The molecule has 1 unspecified atom stereocenters. The quantitative estimate of drug-likeness (QED) is 0.805. The molecule has 1 atom stereocenters. The van der Waals surface area contributed by atoms with Crippen LogP contribution in [0.3, 0.4) is 0 Å². The highest BCUT2D eigenvalue weighted by Gasteiger charge is 2.28. The van der Waals surface area contributed by atoms with Crippen molar-refractivity contribution in [1.82, 2.24) is 14.9 Å². The fraction of sp³-hybridized carbons (Fsp3) is 0.450. The lowest BCUT2D eigenvalue weighted by atomic mass is 10.1. The van der Waals surface area contributed by atoms with Crippen LogP contribution >= 0.6 is 11.6 Å². The first kappa shape index (κ1) is 18.0. The van der Waals surface area contributed by atoms with E-state index >= 15 is 0 Å². The molecule has 142 valence electrons. The van der Waals surface area contributed by atoms with Gasteiger partial charge in [0.05, 0.1) is 6.54 Å². The van der Waals surface area contributed by atoms with Gasteiger partial charge < -0.3 is 14.5 Å². The molecule has 2 aliphatic rings. The van der Waals surface area contributed by atoms with E-state index in [0.717, 1.165) is 25.3 Å². The average Bonchev–Trinajstić information content (AvgIpc) is 3.17. The fourth-order valence-corrected chi connectivity index (χ4v) is 3.77. The molecule has 7 heteroatoms. The SMILES string of the molecule is O=C(c1ccc(Cl)cc1)N1CCC(Oc2cc(N3CCCCC3)ncn2)C1. The summed E-state index contributed by atoms with van der Waals surface area (Å²) in [6, 6.07) is 8.90. The van der Waals surface area contributed by atoms with Crippen LogP contribution in [0, 0.1) is 0 Å². The first-order valence-corrected chi connectivity index (χ1v) is 9.85. The maximum Gasteiger partial charge on any atom is 0.253 e. The van der Waals surface area contributed by atoms with E-state index in [4.69, 9.17) is 16.3 Å². The molecule has 4 rings (SSSR count). The van der Waals surface area contributed by atoms with Gasteiger partial charge in [0, 0.05) is 42.7 Å². The molecule has 2 aliphatic heterocycles. The summed E-state index contributed by atoms with van der Waals surface area (Å²) < 4.78 is 6.05. The van der Waals surface area contributed by atoms with Crippen molar-refractivity contribution in [3.8, 4) is 5.88 Å². The second-order valence-electron chi connectivity index (χ2n) is 7.05. The molecule has 1 aromatic carbocycles. The van der Waals surface area contributed by atoms with E-state index in [1.165, 1.54) is 19.3 Å². The van der Waals surface area contributed by atoms with Gasteiger partial charge in [0.15, 0.2) is 0 Å². The van der Waals surface area contributed by atoms with Crippen LogP contribution in [0.1, 0.15) is 36.0 Å². The van der Waals surface area contributed by atoms with Crippen LogP contribution in [0.2, 0.25) is 5.02 Å². The number of halogens is 1. The van der Waals surface area contributed by atoms with E-state index in [2.05, 4.69) is 14.9 Å². The Bertz CT molecular complexity index is 793. The van der Waals surface area contributed by atoms with Gasteiger partial charge in [0.25, 0.3) is 5.91 Å². The largest absolute Gasteiger partial charge is 0.472 e. The van der Waals surface area contributed by atoms with Crippen LogP contribution < -0.4 is 9.64 Å². The Balaban J connectivity index is 1.37. The Kier molecular flexibility index (Phi) is 5.43. The number of likely N-dealkylation sites (tertiary alicyclic amines) is 1. The number of anilines is 1. The highest BCUT2D eigenvalue weighted by molar-refractivity contribution is 6.30. The van der Waals surface area contributed by atoms with Crippen LogP contribution in [0.5, 0.6) is 5.88 Å². The van der Waals surface area contributed by atoms with Gasteiger partial charge in [0.1, 0.15) is 18.2 Å². The monoisotopic (exact) mass is 386 g/mol. The number of hydrogen-bond donors (Lipinski definition) is 0. The van der Waals surface area contributed by atoms with Crippen molar-refractivity contribution < 1.29 is 9.53 Å². The summed E-state index contributed by atoms with van der Waals surface area (Å²) in [5, 5.41) is 0.627. The van der Waals surface area contributed by atoms with Crippen molar-refractivity contribution in [2.75, 3.05) is 31.1 Å². The Morgan fingerprint density at radius 2 is 1.85 bits per heavy atom. The predicted octanol–water partition coefficient (Wildman–Crippen LogP) is 3.41. The normalized spacial score (nSPS) is 20.0. The summed E-state index contributed by atoms with van der Waals surface area (Å²) in [6.45, 7) is 3.30. The minimum Gasteiger partial charge on any atom is -0.472 e. The van der Waals surface area contributed by atoms with E-state index in [-0.39, 0.29) is 12.0 Å². The van der Waals surface area contributed by atoms with Crippen LogP contribution in [-0.4, -0.2) is 53.1 Å². The Hall–Kier alpha value is -2.34. The minimum absolute atomic E-state index is 0.00876. The van der Waals surface area contributed by atoms with Crippen molar-refractivity contribution >= 4 is 23.3 Å². The molecule has 0 N–H and O–H groups in total. The van der Waals surface area contributed by atoms with E-state index in [9.17, 15) is 4.79 Å². The Morgan fingerprint density at radius 3 is 2.63 bits per heavy atom.